The topological polar surface area (TPSA) is 47.6 Å². The molecule has 0 fully saturated rings. The number of amides is 1. The molecule has 1 unspecified atom stereocenters. The highest BCUT2D eigenvalue weighted by molar-refractivity contribution is 7.99. The van der Waals surface area contributed by atoms with Crippen LogP contribution in [0.15, 0.2) is 59.5 Å². The highest BCUT2D eigenvalue weighted by Crippen LogP contribution is 2.30. The first-order chi connectivity index (χ1) is 11.3. The Bertz CT molecular complexity index is 648. The Kier molecular flexibility index (Phi) is 5.42. The van der Waals surface area contributed by atoms with E-state index in [0.717, 1.165) is 12.2 Å². The Morgan fingerprint density at radius 1 is 1.09 bits per heavy atom. The van der Waals surface area contributed by atoms with E-state index in [2.05, 4.69) is 17.4 Å². The van der Waals surface area contributed by atoms with Crippen LogP contribution in [0.4, 0.5) is 0 Å². The van der Waals surface area contributed by atoms with Crippen LogP contribution in [0.5, 0.6) is 11.5 Å². The summed E-state index contributed by atoms with van der Waals surface area (Å²) in [6.07, 6.45) is 0.335. The molecule has 0 saturated carbocycles. The number of rotatable bonds is 6. The Morgan fingerprint density at radius 3 is 2.65 bits per heavy atom. The number of hydrogen-bond donors (Lipinski definition) is 1. The lowest BCUT2D eigenvalue weighted by atomic mass is 10.2. The average molecular weight is 329 g/mol. The zero-order chi connectivity index (χ0) is 15.9. The molecule has 0 radical (unpaired) electrons. The minimum absolute atomic E-state index is 0.121. The Morgan fingerprint density at radius 2 is 1.83 bits per heavy atom. The molecule has 23 heavy (non-hydrogen) atoms. The maximum absolute atomic E-state index is 12.1. The van der Waals surface area contributed by atoms with E-state index < -0.39 is 6.10 Å². The minimum atomic E-state index is -0.577. The van der Waals surface area contributed by atoms with Crippen LogP contribution in [-0.2, 0) is 4.79 Å². The van der Waals surface area contributed by atoms with Gasteiger partial charge < -0.3 is 14.8 Å². The third kappa shape index (κ3) is 4.42. The van der Waals surface area contributed by atoms with Crippen molar-refractivity contribution >= 4 is 17.7 Å². The first kappa shape index (κ1) is 15.7. The number of para-hydroxylation sites is 2. The van der Waals surface area contributed by atoms with Crippen LogP contribution in [-0.4, -0.2) is 30.9 Å². The highest BCUT2D eigenvalue weighted by Gasteiger charge is 2.26. The van der Waals surface area contributed by atoms with Gasteiger partial charge in [-0.3, -0.25) is 4.79 Å². The Hall–Kier alpha value is -2.14. The maximum atomic E-state index is 12.1. The van der Waals surface area contributed by atoms with Gasteiger partial charge in [0.25, 0.3) is 5.91 Å². The molecule has 2 aromatic rings. The second-order valence-electron chi connectivity index (χ2n) is 5.17. The Labute approximate surface area is 140 Å². The summed E-state index contributed by atoms with van der Waals surface area (Å²) >= 11 is 1.79. The monoisotopic (exact) mass is 329 g/mol. The number of thioether (sulfide) groups is 1. The molecule has 0 bridgehead atoms. The van der Waals surface area contributed by atoms with Gasteiger partial charge in [-0.2, -0.15) is 0 Å². The van der Waals surface area contributed by atoms with Crippen molar-refractivity contribution in [3.8, 4) is 11.5 Å². The molecule has 0 aliphatic carbocycles. The van der Waals surface area contributed by atoms with Crippen LogP contribution in [0.3, 0.4) is 0 Å². The summed E-state index contributed by atoms with van der Waals surface area (Å²) in [6, 6.07) is 17.6. The second-order valence-corrected chi connectivity index (χ2v) is 6.34. The van der Waals surface area contributed by atoms with Gasteiger partial charge in [0.2, 0.25) is 6.10 Å². The predicted octanol–water partition coefficient (Wildman–Crippen LogP) is 3.13. The highest BCUT2D eigenvalue weighted by atomic mass is 32.2. The molecular weight excluding hydrogens is 310 g/mol. The molecule has 1 heterocycles. The van der Waals surface area contributed by atoms with Crippen molar-refractivity contribution in [2.45, 2.75) is 17.4 Å². The van der Waals surface area contributed by atoms with Gasteiger partial charge in [-0.05, 0) is 36.4 Å². The van der Waals surface area contributed by atoms with Crippen molar-refractivity contribution in [1.82, 2.24) is 5.32 Å². The van der Waals surface area contributed by atoms with E-state index in [1.165, 1.54) is 4.90 Å². The summed E-state index contributed by atoms with van der Waals surface area (Å²) in [5.41, 5.74) is 0. The molecule has 5 heteroatoms. The van der Waals surface area contributed by atoms with Gasteiger partial charge in [0, 0.05) is 11.4 Å². The lowest BCUT2D eigenvalue weighted by Crippen LogP contribution is -2.44. The standard InChI is InChI=1S/C18H19NO3S/c20-18(17-13-21-15-9-4-5-10-16(15)22-17)19-11-6-12-23-14-7-2-1-3-8-14/h1-5,7-10,17H,6,11-13H2,(H,19,20). The van der Waals surface area contributed by atoms with Crippen molar-refractivity contribution in [3.63, 3.8) is 0 Å². The van der Waals surface area contributed by atoms with E-state index in [9.17, 15) is 4.79 Å². The smallest absolute Gasteiger partial charge is 0.264 e. The van der Waals surface area contributed by atoms with Gasteiger partial charge in [0.05, 0.1) is 0 Å². The molecule has 2 aromatic carbocycles. The molecule has 3 rings (SSSR count). The van der Waals surface area contributed by atoms with Crippen LogP contribution < -0.4 is 14.8 Å². The Balaban J connectivity index is 1.37. The zero-order valence-electron chi connectivity index (χ0n) is 12.7. The molecule has 1 amide bonds. The fourth-order valence-corrected chi connectivity index (χ4v) is 3.13. The number of hydrogen-bond acceptors (Lipinski definition) is 4. The number of fused-ring (bicyclic) bond motifs is 1. The lowest BCUT2D eigenvalue weighted by Gasteiger charge is -2.25. The van der Waals surface area contributed by atoms with Crippen LogP contribution in [0.1, 0.15) is 6.42 Å². The first-order valence-electron chi connectivity index (χ1n) is 7.67. The summed E-state index contributed by atoms with van der Waals surface area (Å²) in [5.74, 6) is 2.16. The lowest BCUT2D eigenvalue weighted by molar-refractivity contribution is -0.130. The summed E-state index contributed by atoms with van der Waals surface area (Å²) in [7, 11) is 0. The number of ether oxygens (including phenoxy) is 2. The molecular formula is C18H19NO3S. The molecule has 0 spiro atoms. The molecule has 1 aliphatic heterocycles. The van der Waals surface area contributed by atoms with E-state index >= 15 is 0 Å². The van der Waals surface area contributed by atoms with Crippen LogP contribution in [0.2, 0.25) is 0 Å². The number of nitrogens with one attached hydrogen (secondary N) is 1. The third-order valence-electron chi connectivity index (χ3n) is 3.43. The molecule has 120 valence electrons. The van der Waals surface area contributed by atoms with E-state index in [1.54, 1.807) is 11.8 Å². The number of benzene rings is 2. The van der Waals surface area contributed by atoms with Gasteiger partial charge in [0.15, 0.2) is 11.5 Å². The largest absolute Gasteiger partial charge is 0.485 e. The first-order valence-corrected chi connectivity index (χ1v) is 8.65. The minimum Gasteiger partial charge on any atom is -0.485 e. The molecule has 0 aromatic heterocycles. The van der Waals surface area contributed by atoms with Crippen molar-refractivity contribution in [3.05, 3.63) is 54.6 Å². The van der Waals surface area contributed by atoms with Gasteiger partial charge >= 0.3 is 0 Å². The summed E-state index contributed by atoms with van der Waals surface area (Å²) < 4.78 is 11.2. The van der Waals surface area contributed by atoms with Crippen LogP contribution in [0, 0.1) is 0 Å². The molecule has 1 aliphatic rings. The quantitative estimate of drug-likeness (QED) is 0.653. The fourth-order valence-electron chi connectivity index (χ4n) is 2.25. The van der Waals surface area contributed by atoms with Crippen molar-refractivity contribution in [2.75, 3.05) is 18.9 Å². The van der Waals surface area contributed by atoms with Gasteiger partial charge in [-0.1, -0.05) is 30.3 Å². The molecule has 0 saturated heterocycles. The molecule has 1 N–H and O–H groups in total. The van der Waals surface area contributed by atoms with E-state index in [4.69, 9.17) is 9.47 Å². The second kappa shape index (κ2) is 7.92. The summed E-state index contributed by atoms with van der Waals surface area (Å²) in [6.45, 7) is 0.891. The average Bonchev–Trinajstić information content (AvgIpc) is 2.61. The fraction of sp³-hybridized carbons (Fsp3) is 0.278. The van der Waals surface area contributed by atoms with Crippen LogP contribution >= 0.6 is 11.8 Å². The SMILES string of the molecule is O=C(NCCCSc1ccccc1)C1COc2ccccc2O1. The normalized spacial score (nSPS) is 15.9. The third-order valence-corrected chi connectivity index (χ3v) is 4.53. The number of carbonyl (C=O) groups excluding carboxylic acids is 1. The number of carbonyl (C=O) groups is 1. The molecule has 1 atom stereocenters. The van der Waals surface area contributed by atoms with Crippen molar-refractivity contribution < 1.29 is 14.3 Å². The summed E-state index contributed by atoms with van der Waals surface area (Å²) in [5, 5.41) is 2.91. The van der Waals surface area contributed by atoms with Crippen molar-refractivity contribution in [1.29, 1.82) is 0 Å². The predicted molar refractivity (Wildman–Crippen MR) is 91.1 cm³/mol. The zero-order valence-corrected chi connectivity index (χ0v) is 13.6. The van der Waals surface area contributed by atoms with Gasteiger partial charge in [-0.25, -0.2) is 0 Å². The van der Waals surface area contributed by atoms with Gasteiger partial charge in [0.1, 0.15) is 6.61 Å². The van der Waals surface area contributed by atoms with E-state index in [-0.39, 0.29) is 12.5 Å². The molecule has 4 nitrogen and oxygen atoms in total. The van der Waals surface area contributed by atoms with E-state index in [1.807, 2.05) is 42.5 Å². The van der Waals surface area contributed by atoms with E-state index in [0.29, 0.717) is 18.0 Å². The van der Waals surface area contributed by atoms with Gasteiger partial charge in [-0.15, -0.1) is 11.8 Å². The summed E-state index contributed by atoms with van der Waals surface area (Å²) in [4.78, 5) is 13.4. The van der Waals surface area contributed by atoms with Crippen molar-refractivity contribution in [2.24, 2.45) is 0 Å². The van der Waals surface area contributed by atoms with Crippen LogP contribution in [0.25, 0.3) is 0 Å². The maximum Gasteiger partial charge on any atom is 0.264 e.